The van der Waals surface area contributed by atoms with Crippen LogP contribution in [0.15, 0.2) is 10.8 Å². The van der Waals surface area contributed by atoms with E-state index in [2.05, 4.69) is 41.5 Å². The fourth-order valence-electron chi connectivity index (χ4n) is 2.72. The van der Waals surface area contributed by atoms with Crippen molar-refractivity contribution in [3.8, 4) is 29.1 Å². The molecule has 0 saturated heterocycles. The summed E-state index contributed by atoms with van der Waals surface area (Å²) >= 11 is 0. The highest BCUT2D eigenvalue weighted by molar-refractivity contribution is 5.89. The number of hydrogen-bond acceptors (Lipinski definition) is 10. The number of carbonyl (C=O) groups is 1. The molecule has 0 bridgehead atoms. The second kappa shape index (κ2) is 9.52. The van der Waals surface area contributed by atoms with Crippen LogP contribution >= 0.6 is 0 Å². The monoisotopic (exact) mass is 453 g/mol. The quantitative estimate of drug-likeness (QED) is 0.303. The molecule has 3 aromatic heterocycles. The van der Waals surface area contributed by atoms with Gasteiger partial charge in [0, 0.05) is 6.54 Å². The number of ether oxygens (including phenoxy) is 2. The van der Waals surface area contributed by atoms with Crippen LogP contribution in [0.3, 0.4) is 0 Å². The number of nitrogen functional groups attached to an aromatic ring is 1. The average Bonchev–Trinajstić information content (AvgIpc) is 3.34. The standard InChI is InChI=1S/C18H18F3N7O4/c1-2-28-14-11(30-8-4-6-22)9-24-10(5-3-7-31-17(29)18(19,20)21)12(14)25-16(28)13-15(23)27-32-26-13/h9H,2,4,6-8,22H2,1H3,(H2,23,27). The Hall–Kier alpha value is -3.86. The number of aryl methyl sites for hydroxylation is 1. The summed E-state index contributed by atoms with van der Waals surface area (Å²) in [6.07, 6.45) is -3.09. The summed E-state index contributed by atoms with van der Waals surface area (Å²) in [5.74, 6) is 3.27. The van der Waals surface area contributed by atoms with E-state index in [-0.39, 0.29) is 22.7 Å². The van der Waals surface area contributed by atoms with Crippen molar-refractivity contribution in [2.45, 2.75) is 26.1 Å². The Morgan fingerprint density at radius 3 is 2.75 bits per heavy atom. The Bertz CT molecular complexity index is 1180. The van der Waals surface area contributed by atoms with E-state index in [1.54, 1.807) is 4.57 Å². The zero-order valence-electron chi connectivity index (χ0n) is 16.8. The fourth-order valence-corrected chi connectivity index (χ4v) is 2.72. The van der Waals surface area contributed by atoms with E-state index in [0.29, 0.717) is 43.2 Å². The largest absolute Gasteiger partial charge is 0.490 e. The Morgan fingerprint density at radius 1 is 1.34 bits per heavy atom. The van der Waals surface area contributed by atoms with Gasteiger partial charge in [-0.25, -0.2) is 19.4 Å². The second-order valence-electron chi connectivity index (χ2n) is 6.21. The minimum Gasteiger partial charge on any atom is -0.490 e. The van der Waals surface area contributed by atoms with Crippen molar-refractivity contribution in [2.24, 2.45) is 5.73 Å². The van der Waals surface area contributed by atoms with Crippen LogP contribution in [0.5, 0.6) is 5.75 Å². The van der Waals surface area contributed by atoms with E-state index in [1.807, 2.05) is 6.92 Å². The minimum atomic E-state index is -5.10. The predicted molar refractivity (Wildman–Crippen MR) is 104 cm³/mol. The van der Waals surface area contributed by atoms with Gasteiger partial charge >= 0.3 is 12.1 Å². The van der Waals surface area contributed by atoms with Crippen molar-refractivity contribution < 1.29 is 32.1 Å². The molecule has 0 radical (unpaired) electrons. The lowest BCUT2D eigenvalue weighted by Gasteiger charge is -2.10. The molecule has 0 amide bonds. The molecular weight excluding hydrogens is 435 g/mol. The van der Waals surface area contributed by atoms with E-state index >= 15 is 0 Å². The molecule has 3 aromatic rings. The number of esters is 1. The SMILES string of the molecule is CCn1c(-c2nonc2N)nc2c(C#CCOC(=O)C(F)(F)F)ncc(OCCCN)c21. The molecule has 0 aliphatic heterocycles. The first kappa shape index (κ1) is 22.8. The van der Waals surface area contributed by atoms with Gasteiger partial charge in [0.2, 0.25) is 0 Å². The number of nitrogens with zero attached hydrogens (tertiary/aromatic N) is 5. The number of anilines is 1. The van der Waals surface area contributed by atoms with Crippen molar-refractivity contribution in [1.29, 1.82) is 0 Å². The average molecular weight is 453 g/mol. The van der Waals surface area contributed by atoms with Gasteiger partial charge in [-0.15, -0.1) is 0 Å². The molecule has 0 fully saturated rings. The number of rotatable bonds is 7. The summed E-state index contributed by atoms with van der Waals surface area (Å²) in [5.41, 5.74) is 12.4. The molecule has 0 unspecified atom stereocenters. The van der Waals surface area contributed by atoms with Gasteiger partial charge in [-0.3, -0.25) is 0 Å². The summed E-state index contributed by atoms with van der Waals surface area (Å²) in [6, 6.07) is 0. The number of aromatic nitrogens is 5. The van der Waals surface area contributed by atoms with Crippen LogP contribution < -0.4 is 16.2 Å². The van der Waals surface area contributed by atoms with Crippen molar-refractivity contribution in [2.75, 3.05) is 25.5 Å². The van der Waals surface area contributed by atoms with Crippen LogP contribution in [-0.2, 0) is 16.1 Å². The maximum atomic E-state index is 12.2. The first-order chi connectivity index (χ1) is 15.3. The highest BCUT2D eigenvalue weighted by Crippen LogP contribution is 2.33. The van der Waals surface area contributed by atoms with Crippen LogP contribution in [-0.4, -0.2) is 56.8 Å². The number of nitrogens with two attached hydrogens (primary N) is 2. The Labute approximate surface area is 178 Å². The Kier molecular flexibility index (Phi) is 6.79. The third kappa shape index (κ3) is 4.72. The van der Waals surface area contributed by atoms with Crippen LogP contribution in [0.25, 0.3) is 22.6 Å². The van der Waals surface area contributed by atoms with Gasteiger partial charge in [0.25, 0.3) is 0 Å². The van der Waals surface area contributed by atoms with Gasteiger partial charge in [0.1, 0.15) is 16.7 Å². The van der Waals surface area contributed by atoms with E-state index in [4.69, 9.17) is 16.2 Å². The molecule has 3 rings (SSSR count). The molecule has 0 aromatic carbocycles. The lowest BCUT2D eigenvalue weighted by atomic mass is 10.2. The lowest BCUT2D eigenvalue weighted by molar-refractivity contribution is -0.198. The first-order valence-electron chi connectivity index (χ1n) is 9.31. The van der Waals surface area contributed by atoms with Gasteiger partial charge in [-0.1, -0.05) is 5.92 Å². The van der Waals surface area contributed by atoms with Gasteiger partial charge in [-0.2, -0.15) is 13.2 Å². The minimum absolute atomic E-state index is 0.0141. The number of fused-ring (bicyclic) bond motifs is 1. The second-order valence-corrected chi connectivity index (χ2v) is 6.21. The number of imidazole rings is 1. The van der Waals surface area contributed by atoms with Crippen molar-refractivity contribution in [3.05, 3.63) is 11.9 Å². The maximum Gasteiger partial charge on any atom is 0.490 e. The molecular formula is C18H18F3N7O4. The number of halogens is 3. The molecule has 3 heterocycles. The zero-order chi connectivity index (χ0) is 23.3. The summed E-state index contributed by atoms with van der Waals surface area (Å²) in [7, 11) is 0. The van der Waals surface area contributed by atoms with Crippen LogP contribution in [0.1, 0.15) is 19.0 Å². The number of carbonyl (C=O) groups excluding carboxylic acids is 1. The van der Waals surface area contributed by atoms with Crippen molar-refractivity contribution >= 4 is 22.8 Å². The van der Waals surface area contributed by atoms with Gasteiger partial charge in [0.05, 0.1) is 12.8 Å². The molecule has 0 spiro atoms. The topological polar surface area (TPSA) is 157 Å². The molecule has 0 aliphatic rings. The van der Waals surface area contributed by atoms with Crippen LogP contribution in [0, 0.1) is 11.8 Å². The van der Waals surface area contributed by atoms with E-state index < -0.39 is 18.8 Å². The fraction of sp³-hybridized carbons (Fsp3) is 0.389. The number of pyridine rings is 1. The maximum absolute atomic E-state index is 12.2. The molecule has 0 saturated carbocycles. The van der Waals surface area contributed by atoms with Gasteiger partial charge in [0.15, 0.2) is 29.7 Å². The summed E-state index contributed by atoms with van der Waals surface area (Å²) < 4.78 is 53.0. The van der Waals surface area contributed by atoms with E-state index in [9.17, 15) is 18.0 Å². The third-order valence-electron chi connectivity index (χ3n) is 4.10. The molecule has 0 atom stereocenters. The lowest BCUT2D eigenvalue weighted by Crippen LogP contribution is -2.25. The molecule has 11 nitrogen and oxygen atoms in total. The molecule has 0 aliphatic carbocycles. The third-order valence-corrected chi connectivity index (χ3v) is 4.10. The smallest absolute Gasteiger partial charge is 0.490 e. The molecule has 170 valence electrons. The Balaban J connectivity index is 2.04. The summed E-state index contributed by atoms with van der Waals surface area (Å²) in [5, 5.41) is 7.32. The van der Waals surface area contributed by atoms with Crippen LogP contribution in [0.2, 0.25) is 0 Å². The highest BCUT2D eigenvalue weighted by atomic mass is 19.4. The van der Waals surface area contributed by atoms with Crippen molar-refractivity contribution in [3.63, 3.8) is 0 Å². The first-order valence-corrected chi connectivity index (χ1v) is 9.31. The normalized spacial score (nSPS) is 11.3. The zero-order valence-corrected chi connectivity index (χ0v) is 16.8. The number of alkyl halides is 3. The van der Waals surface area contributed by atoms with Gasteiger partial charge < -0.3 is 25.5 Å². The van der Waals surface area contributed by atoms with Gasteiger partial charge in [-0.05, 0) is 36.1 Å². The van der Waals surface area contributed by atoms with Crippen LogP contribution in [0.4, 0.5) is 19.0 Å². The predicted octanol–water partition coefficient (Wildman–Crippen LogP) is 1.27. The van der Waals surface area contributed by atoms with Crippen molar-refractivity contribution in [1.82, 2.24) is 24.8 Å². The molecule has 4 N–H and O–H groups in total. The molecule has 32 heavy (non-hydrogen) atoms. The summed E-state index contributed by atoms with van der Waals surface area (Å²) in [4.78, 5) is 19.5. The van der Waals surface area contributed by atoms with E-state index in [0.717, 1.165) is 0 Å². The van der Waals surface area contributed by atoms with E-state index in [1.165, 1.54) is 6.20 Å². The number of hydrogen-bond donors (Lipinski definition) is 2. The highest BCUT2D eigenvalue weighted by Gasteiger charge is 2.40. The molecule has 14 heteroatoms. The summed E-state index contributed by atoms with van der Waals surface area (Å²) in [6.45, 7) is 2.24. The Morgan fingerprint density at radius 2 is 2.12 bits per heavy atom.